The van der Waals surface area contributed by atoms with Gasteiger partial charge in [0, 0.05) is 12.4 Å². The summed E-state index contributed by atoms with van der Waals surface area (Å²) in [4.78, 5) is 32.7. The summed E-state index contributed by atoms with van der Waals surface area (Å²) in [5.41, 5.74) is 0. The second kappa shape index (κ2) is 12.2. The normalized spacial score (nSPS) is 10.6. The zero-order valence-electron chi connectivity index (χ0n) is 16.5. The minimum atomic E-state index is -1.23. The molecule has 2 rings (SSSR count). The van der Waals surface area contributed by atoms with E-state index in [1.54, 1.807) is 6.07 Å². The van der Waals surface area contributed by atoms with Crippen LogP contribution in [0.25, 0.3) is 10.8 Å². The van der Waals surface area contributed by atoms with Crippen LogP contribution in [0.4, 0.5) is 4.79 Å². The number of carboxylic acid groups (broad SMARTS) is 2. The van der Waals surface area contributed by atoms with Crippen LogP contribution in [-0.4, -0.2) is 50.9 Å². The Morgan fingerprint density at radius 3 is 2.10 bits per heavy atom. The van der Waals surface area contributed by atoms with Gasteiger partial charge in [-0.15, -0.1) is 23.5 Å². The number of benzene rings is 2. The van der Waals surface area contributed by atoms with Gasteiger partial charge in [0.1, 0.15) is 5.75 Å². The van der Waals surface area contributed by atoms with Crippen LogP contribution in [0.15, 0.2) is 42.5 Å². The predicted octanol–water partition coefficient (Wildman–Crippen LogP) is 4.31. The summed E-state index contributed by atoms with van der Waals surface area (Å²) in [6.45, 7) is 3.64. The van der Waals surface area contributed by atoms with E-state index >= 15 is 0 Å². The summed E-state index contributed by atoms with van der Waals surface area (Å²) in [7, 11) is 1.54. The fourth-order valence-electron chi connectivity index (χ4n) is 2.44. The molecule has 3 N–H and O–H groups in total. The molecule has 7 nitrogen and oxygen atoms in total. The molecule has 1 amide bonds. The van der Waals surface area contributed by atoms with Crippen molar-refractivity contribution in [3.05, 3.63) is 42.5 Å². The molecule has 0 radical (unpaired) electrons. The van der Waals surface area contributed by atoms with Crippen molar-refractivity contribution >= 4 is 52.3 Å². The molecule has 0 aliphatic rings. The molecule has 0 saturated carbocycles. The standard InChI is InChI=1S/C12H11NO2.C8H14O4S2/c1-13-12(14)15-11-8-4-6-9-5-2-3-7-10(9)11;1-3-13-8(7(11)12,14-4-2)5-6(9)10/h2-8H,1H3,(H,13,14);3-5H2,1-2H3,(H,9,10)(H,11,12). The third-order valence-corrected chi connectivity index (χ3v) is 6.48. The molecule has 0 aromatic heterocycles. The largest absolute Gasteiger partial charge is 0.481 e. The van der Waals surface area contributed by atoms with Crippen LogP contribution in [0.3, 0.4) is 0 Å². The number of nitrogens with one attached hydrogen (secondary N) is 1. The number of fused-ring (bicyclic) bond motifs is 1. The molecular formula is C20H25NO6S2. The van der Waals surface area contributed by atoms with Crippen LogP contribution in [0.2, 0.25) is 0 Å². The van der Waals surface area contributed by atoms with Crippen molar-refractivity contribution in [3.63, 3.8) is 0 Å². The van der Waals surface area contributed by atoms with E-state index in [0.29, 0.717) is 17.3 Å². The fourth-order valence-corrected chi connectivity index (χ4v) is 5.11. The molecule has 0 atom stereocenters. The average Bonchev–Trinajstić information content (AvgIpc) is 2.68. The van der Waals surface area contributed by atoms with E-state index in [-0.39, 0.29) is 6.42 Å². The number of amides is 1. The van der Waals surface area contributed by atoms with Gasteiger partial charge in [0.25, 0.3) is 0 Å². The van der Waals surface area contributed by atoms with E-state index < -0.39 is 22.1 Å². The molecule has 0 saturated heterocycles. The Kier molecular flexibility index (Phi) is 10.4. The highest BCUT2D eigenvalue weighted by atomic mass is 32.2. The molecule has 0 aliphatic heterocycles. The molecule has 2 aromatic rings. The number of thioether (sulfide) groups is 2. The van der Waals surface area contributed by atoms with Crippen molar-refractivity contribution in [1.29, 1.82) is 0 Å². The van der Waals surface area contributed by atoms with Gasteiger partial charge in [-0.25, -0.2) is 9.59 Å². The van der Waals surface area contributed by atoms with Gasteiger partial charge in [0.15, 0.2) is 4.08 Å². The Morgan fingerprint density at radius 2 is 1.59 bits per heavy atom. The highest BCUT2D eigenvalue weighted by molar-refractivity contribution is 8.19. The van der Waals surface area contributed by atoms with Gasteiger partial charge in [-0.1, -0.05) is 50.2 Å². The lowest BCUT2D eigenvalue weighted by molar-refractivity contribution is -0.143. The Balaban J connectivity index is 0.000000291. The number of hydrogen-bond acceptors (Lipinski definition) is 6. The average molecular weight is 440 g/mol. The van der Waals surface area contributed by atoms with Crippen LogP contribution in [-0.2, 0) is 9.59 Å². The van der Waals surface area contributed by atoms with E-state index in [2.05, 4.69) is 5.32 Å². The maximum Gasteiger partial charge on any atom is 0.412 e. The molecule has 0 spiro atoms. The quantitative estimate of drug-likeness (QED) is 0.522. The molecule has 29 heavy (non-hydrogen) atoms. The zero-order chi connectivity index (χ0) is 21.9. The van der Waals surface area contributed by atoms with E-state index in [9.17, 15) is 14.4 Å². The number of carboxylic acids is 2. The van der Waals surface area contributed by atoms with Gasteiger partial charge in [-0.2, -0.15) is 0 Å². The maximum absolute atomic E-state index is 11.1. The second-order valence-corrected chi connectivity index (χ2v) is 9.00. The zero-order valence-corrected chi connectivity index (χ0v) is 18.1. The van der Waals surface area contributed by atoms with Crippen molar-refractivity contribution < 1.29 is 29.3 Å². The van der Waals surface area contributed by atoms with Crippen LogP contribution in [0.1, 0.15) is 20.3 Å². The number of carbonyl (C=O) groups excluding carboxylic acids is 1. The Labute approximate surface area is 178 Å². The molecule has 0 heterocycles. The van der Waals surface area contributed by atoms with E-state index in [0.717, 1.165) is 10.8 Å². The van der Waals surface area contributed by atoms with Gasteiger partial charge in [0.05, 0.1) is 6.42 Å². The molecule has 2 aromatic carbocycles. The summed E-state index contributed by atoms with van der Waals surface area (Å²) in [5, 5.41) is 22.1. The number of carbonyl (C=O) groups is 3. The van der Waals surface area contributed by atoms with E-state index in [1.807, 2.05) is 50.2 Å². The van der Waals surface area contributed by atoms with Gasteiger partial charge in [-0.05, 0) is 23.0 Å². The smallest absolute Gasteiger partial charge is 0.412 e. The summed E-state index contributed by atoms with van der Waals surface area (Å²) in [6, 6.07) is 13.4. The van der Waals surface area contributed by atoms with Crippen LogP contribution in [0.5, 0.6) is 5.75 Å². The molecule has 158 valence electrons. The van der Waals surface area contributed by atoms with Crippen molar-refractivity contribution in [2.24, 2.45) is 0 Å². The van der Waals surface area contributed by atoms with Crippen molar-refractivity contribution in [3.8, 4) is 5.75 Å². The molecule has 0 bridgehead atoms. The van der Waals surface area contributed by atoms with Crippen molar-refractivity contribution in [2.75, 3.05) is 18.6 Å². The Hall–Kier alpha value is -2.39. The summed E-state index contributed by atoms with van der Waals surface area (Å²) < 4.78 is 3.90. The van der Waals surface area contributed by atoms with Crippen molar-refractivity contribution in [2.45, 2.75) is 24.3 Å². The fraction of sp³-hybridized carbons (Fsp3) is 0.350. The lowest BCUT2D eigenvalue weighted by Crippen LogP contribution is -2.34. The van der Waals surface area contributed by atoms with Gasteiger partial charge >= 0.3 is 18.0 Å². The third kappa shape index (κ3) is 7.51. The van der Waals surface area contributed by atoms with E-state index in [4.69, 9.17) is 14.9 Å². The van der Waals surface area contributed by atoms with Crippen LogP contribution < -0.4 is 10.1 Å². The highest BCUT2D eigenvalue weighted by Gasteiger charge is 2.41. The molecule has 0 unspecified atom stereocenters. The number of rotatable bonds is 8. The first-order valence-corrected chi connectivity index (χ1v) is 10.9. The summed E-state index contributed by atoms with van der Waals surface area (Å²) in [6.07, 6.45) is -0.800. The van der Waals surface area contributed by atoms with Crippen molar-refractivity contribution in [1.82, 2.24) is 5.32 Å². The summed E-state index contributed by atoms with van der Waals surface area (Å²) in [5.74, 6) is -0.376. The number of hydrogen-bond donors (Lipinski definition) is 3. The molecule has 9 heteroatoms. The third-order valence-electron chi connectivity index (χ3n) is 3.62. The Bertz CT molecular complexity index is 831. The minimum absolute atomic E-state index is 0.348. The van der Waals surface area contributed by atoms with E-state index in [1.165, 1.54) is 30.6 Å². The maximum atomic E-state index is 11.1. The first-order valence-electron chi connectivity index (χ1n) is 8.90. The minimum Gasteiger partial charge on any atom is -0.481 e. The SMILES string of the molecule is CCSC(CC(=O)O)(SCC)C(=O)O.CNC(=O)Oc1cccc2ccccc12. The lowest BCUT2D eigenvalue weighted by atomic mass is 10.1. The molecule has 0 fully saturated rings. The van der Waals surface area contributed by atoms with Crippen LogP contribution in [0, 0.1) is 0 Å². The monoisotopic (exact) mass is 439 g/mol. The van der Waals surface area contributed by atoms with Gasteiger partial charge in [0.2, 0.25) is 0 Å². The first kappa shape index (κ1) is 24.6. The predicted molar refractivity (Wildman–Crippen MR) is 118 cm³/mol. The highest BCUT2D eigenvalue weighted by Crippen LogP contribution is 2.40. The lowest BCUT2D eigenvalue weighted by Gasteiger charge is -2.25. The number of ether oxygens (including phenoxy) is 1. The van der Waals surface area contributed by atoms with Gasteiger partial charge in [-0.3, -0.25) is 4.79 Å². The van der Waals surface area contributed by atoms with Crippen LogP contribution >= 0.6 is 23.5 Å². The molecular weight excluding hydrogens is 414 g/mol. The van der Waals surface area contributed by atoms with Gasteiger partial charge < -0.3 is 20.3 Å². The topological polar surface area (TPSA) is 113 Å². The molecule has 0 aliphatic carbocycles. The first-order chi connectivity index (χ1) is 13.8. The number of aliphatic carboxylic acids is 2. The Morgan fingerprint density at radius 1 is 1.00 bits per heavy atom. The summed E-state index contributed by atoms with van der Waals surface area (Å²) >= 11 is 2.33. The second-order valence-electron chi connectivity index (χ2n) is 5.61.